The fourth-order valence-electron chi connectivity index (χ4n) is 2.83. The lowest BCUT2D eigenvalue weighted by molar-refractivity contribution is -0.132. The fraction of sp³-hybridized carbons (Fsp3) is 0.556. The number of hydrogen-bond acceptors (Lipinski definition) is 5. The molecule has 6 nitrogen and oxygen atoms in total. The Balaban J connectivity index is 1.91. The molecule has 0 aromatic heterocycles. The third kappa shape index (κ3) is 4.47. The Hall–Kier alpha value is -2.08. The van der Waals surface area contributed by atoms with Crippen molar-refractivity contribution in [2.45, 2.75) is 19.8 Å². The second-order valence-corrected chi connectivity index (χ2v) is 5.90. The highest BCUT2D eigenvalue weighted by Crippen LogP contribution is 2.27. The molecule has 24 heavy (non-hydrogen) atoms. The van der Waals surface area contributed by atoms with Crippen LogP contribution in [-0.2, 0) is 4.79 Å². The van der Waals surface area contributed by atoms with Gasteiger partial charge in [0.05, 0.1) is 20.8 Å². The quantitative estimate of drug-likeness (QED) is 0.712. The van der Waals surface area contributed by atoms with Gasteiger partial charge in [-0.3, -0.25) is 14.5 Å². The monoisotopic (exact) mass is 334 g/mol. The largest absolute Gasteiger partial charge is 0.493 e. The van der Waals surface area contributed by atoms with Crippen molar-refractivity contribution in [3.05, 3.63) is 23.8 Å². The zero-order valence-electron chi connectivity index (χ0n) is 14.7. The first-order chi connectivity index (χ1) is 11.6. The van der Waals surface area contributed by atoms with E-state index in [1.165, 1.54) is 0 Å². The van der Waals surface area contributed by atoms with Crippen molar-refractivity contribution in [1.29, 1.82) is 0 Å². The van der Waals surface area contributed by atoms with Crippen LogP contribution in [0.2, 0.25) is 0 Å². The molecule has 0 aliphatic carbocycles. The Bertz CT molecular complexity index is 580. The summed E-state index contributed by atoms with van der Waals surface area (Å²) < 4.78 is 10.4. The summed E-state index contributed by atoms with van der Waals surface area (Å²) in [5, 5.41) is 0. The van der Waals surface area contributed by atoms with Gasteiger partial charge in [-0.05, 0) is 24.6 Å². The van der Waals surface area contributed by atoms with Crippen molar-refractivity contribution in [2.24, 2.45) is 0 Å². The molecule has 1 aliphatic rings. The number of piperazine rings is 1. The maximum atomic E-state index is 12.5. The highest BCUT2D eigenvalue weighted by Gasteiger charge is 2.22. The number of amides is 1. The molecular weight excluding hydrogens is 308 g/mol. The summed E-state index contributed by atoms with van der Waals surface area (Å²) in [6.45, 7) is 5.21. The predicted octanol–water partition coefficient (Wildman–Crippen LogP) is 1.83. The molecule has 0 saturated carbocycles. The van der Waals surface area contributed by atoms with E-state index < -0.39 is 0 Å². The first kappa shape index (κ1) is 18.3. The number of rotatable bonds is 7. The standard InChI is InChI=1S/C18H26N2O4/c1-4-5-18(22)20-10-8-19(9-11-20)13-15(21)14-6-7-16(23-2)17(12-14)24-3/h6-7,12H,4-5,8-11,13H2,1-3H3. The van der Waals surface area contributed by atoms with Gasteiger partial charge in [0.1, 0.15) is 0 Å². The van der Waals surface area contributed by atoms with Crippen LogP contribution in [0.1, 0.15) is 30.1 Å². The molecular formula is C18H26N2O4. The lowest BCUT2D eigenvalue weighted by Gasteiger charge is -2.34. The Morgan fingerprint density at radius 1 is 1.04 bits per heavy atom. The molecule has 2 rings (SSSR count). The maximum Gasteiger partial charge on any atom is 0.222 e. The third-order valence-electron chi connectivity index (χ3n) is 4.26. The van der Waals surface area contributed by atoms with E-state index in [0.717, 1.165) is 19.5 Å². The van der Waals surface area contributed by atoms with Crippen molar-refractivity contribution in [1.82, 2.24) is 9.80 Å². The summed E-state index contributed by atoms with van der Waals surface area (Å²) in [5.74, 6) is 1.42. The molecule has 1 fully saturated rings. The van der Waals surface area contributed by atoms with E-state index in [0.29, 0.717) is 43.1 Å². The number of Topliss-reactive ketones (excluding diaryl/α,β-unsaturated/α-hetero) is 1. The van der Waals surface area contributed by atoms with Crippen LogP contribution < -0.4 is 9.47 Å². The van der Waals surface area contributed by atoms with Crippen LogP contribution in [0.4, 0.5) is 0 Å². The van der Waals surface area contributed by atoms with Crippen molar-refractivity contribution in [3.8, 4) is 11.5 Å². The Labute approximate surface area is 143 Å². The third-order valence-corrected chi connectivity index (χ3v) is 4.26. The van der Waals surface area contributed by atoms with E-state index in [1.54, 1.807) is 32.4 Å². The van der Waals surface area contributed by atoms with Gasteiger partial charge in [0.25, 0.3) is 0 Å². The van der Waals surface area contributed by atoms with Crippen LogP contribution in [0.15, 0.2) is 18.2 Å². The molecule has 1 aromatic rings. The van der Waals surface area contributed by atoms with E-state index in [4.69, 9.17) is 9.47 Å². The number of nitrogens with zero attached hydrogens (tertiary/aromatic N) is 2. The second kappa shape index (κ2) is 8.68. The molecule has 1 saturated heterocycles. The minimum Gasteiger partial charge on any atom is -0.493 e. The highest BCUT2D eigenvalue weighted by atomic mass is 16.5. The van der Waals surface area contributed by atoms with Crippen molar-refractivity contribution < 1.29 is 19.1 Å². The summed E-state index contributed by atoms with van der Waals surface area (Å²) in [6, 6.07) is 5.21. The smallest absolute Gasteiger partial charge is 0.222 e. The summed E-state index contributed by atoms with van der Waals surface area (Å²) in [6.07, 6.45) is 1.47. The molecule has 1 aliphatic heterocycles. The van der Waals surface area contributed by atoms with Gasteiger partial charge in [0.2, 0.25) is 5.91 Å². The molecule has 0 spiro atoms. The van der Waals surface area contributed by atoms with Crippen molar-refractivity contribution in [2.75, 3.05) is 46.9 Å². The van der Waals surface area contributed by atoms with E-state index in [-0.39, 0.29) is 11.7 Å². The summed E-state index contributed by atoms with van der Waals surface area (Å²) in [4.78, 5) is 28.4. The molecule has 0 atom stereocenters. The molecule has 1 heterocycles. The van der Waals surface area contributed by atoms with Crippen LogP contribution in [-0.4, -0.2) is 68.4 Å². The molecule has 0 bridgehead atoms. The van der Waals surface area contributed by atoms with Gasteiger partial charge >= 0.3 is 0 Å². The van der Waals surface area contributed by atoms with Gasteiger partial charge < -0.3 is 14.4 Å². The molecule has 1 aromatic carbocycles. The minimum absolute atomic E-state index is 0.0456. The number of benzene rings is 1. The fourth-order valence-corrected chi connectivity index (χ4v) is 2.83. The SMILES string of the molecule is CCCC(=O)N1CCN(CC(=O)c2ccc(OC)c(OC)c2)CC1. The van der Waals surface area contributed by atoms with Crippen molar-refractivity contribution in [3.63, 3.8) is 0 Å². The summed E-state index contributed by atoms with van der Waals surface area (Å²) in [5.41, 5.74) is 0.608. The highest BCUT2D eigenvalue weighted by molar-refractivity contribution is 5.98. The second-order valence-electron chi connectivity index (χ2n) is 5.90. The number of hydrogen-bond donors (Lipinski definition) is 0. The van der Waals surface area contributed by atoms with Gasteiger partial charge in [-0.15, -0.1) is 0 Å². The minimum atomic E-state index is 0.0456. The lowest BCUT2D eigenvalue weighted by atomic mass is 10.1. The number of ether oxygens (including phenoxy) is 2. The number of methoxy groups -OCH3 is 2. The zero-order chi connectivity index (χ0) is 17.5. The number of carbonyl (C=O) groups is 2. The van der Waals surface area contributed by atoms with E-state index in [9.17, 15) is 9.59 Å². The van der Waals surface area contributed by atoms with E-state index in [1.807, 2.05) is 11.8 Å². The van der Waals surface area contributed by atoms with Gasteiger partial charge in [0.15, 0.2) is 17.3 Å². The topological polar surface area (TPSA) is 59.1 Å². The van der Waals surface area contributed by atoms with Gasteiger partial charge in [-0.2, -0.15) is 0 Å². The normalized spacial score (nSPS) is 15.2. The Morgan fingerprint density at radius 3 is 2.29 bits per heavy atom. The predicted molar refractivity (Wildman–Crippen MR) is 91.8 cm³/mol. The van der Waals surface area contributed by atoms with E-state index >= 15 is 0 Å². The van der Waals surface area contributed by atoms with Crippen LogP contribution in [0.3, 0.4) is 0 Å². The Morgan fingerprint density at radius 2 is 1.71 bits per heavy atom. The van der Waals surface area contributed by atoms with Crippen LogP contribution in [0.25, 0.3) is 0 Å². The van der Waals surface area contributed by atoms with Crippen LogP contribution in [0, 0.1) is 0 Å². The van der Waals surface area contributed by atoms with Crippen molar-refractivity contribution >= 4 is 11.7 Å². The molecule has 0 unspecified atom stereocenters. The number of ketones is 1. The zero-order valence-corrected chi connectivity index (χ0v) is 14.7. The molecule has 0 radical (unpaired) electrons. The molecule has 0 N–H and O–H groups in total. The van der Waals surface area contributed by atoms with Crippen LogP contribution in [0.5, 0.6) is 11.5 Å². The first-order valence-corrected chi connectivity index (χ1v) is 8.34. The van der Waals surface area contributed by atoms with Crippen LogP contribution >= 0.6 is 0 Å². The summed E-state index contributed by atoms with van der Waals surface area (Å²) in [7, 11) is 3.12. The van der Waals surface area contributed by atoms with E-state index in [2.05, 4.69) is 4.90 Å². The van der Waals surface area contributed by atoms with Gasteiger partial charge in [-0.25, -0.2) is 0 Å². The average molecular weight is 334 g/mol. The maximum absolute atomic E-state index is 12.5. The Kier molecular flexibility index (Phi) is 6.61. The number of carbonyl (C=O) groups excluding carboxylic acids is 2. The molecule has 1 amide bonds. The first-order valence-electron chi connectivity index (χ1n) is 8.34. The summed E-state index contributed by atoms with van der Waals surface area (Å²) >= 11 is 0. The molecule has 132 valence electrons. The van der Waals surface area contributed by atoms with Gasteiger partial charge in [-0.1, -0.05) is 6.92 Å². The lowest BCUT2D eigenvalue weighted by Crippen LogP contribution is -2.49. The molecule has 6 heteroatoms. The average Bonchev–Trinajstić information content (AvgIpc) is 2.61. The van der Waals surface area contributed by atoms with Gasteiger partial charge in [0, 0.05) is 38.2 Å².